The molecule has 0 spiro atoms. The van der Waals surface area contributed by atoms with E-state index >= 15 is 0 Å². The first-order valence-electron chi connectivity index (χ1n) is 8.39. The predicted octanol–water partition coefficient (Wildman–Crippen LogP) is 2.81. The van der Waals surface area contributed by atoms with E-state index in [0.717, 1.165) is 12.8 Å². The number of carbonyl (C=O) groups excluding carboxylic acids is 3. The minimum Gasteiger partial charge on any atom is -0.294 e. The largest absolute Gasteiger partial charge is 0.294 e. The van der Waals surface area contributed by atoms with Crippen LogP contribution in [0.25, 0.3) is 0 Å². The summed E-state index contributed by atoms with van der Waals surface area (Å²) in [4.78, 5) is 40.9. The molecular weight excluding hydrogens is 304 g/mol. The zero-order valence-electron chi connectivity index (χ0n) is 14.7. The van der Waals surface area contributed by atoms with Crippen molar-refractivity contribution in [1.29, 1.82) is 0 Å². The SMILES string of the molecule is CC(=O)N(CN1C(=O)[C@H]2CC[C@](C)(C1=O)C2(C)C)c1ccccc1. The fourth-order valence-corrected chi connectivity index (χ4v) is 4.15. The first-order valence-corrected chi connectivity index (χ1v) is 8.39. The molecule has 0 radical (unpaired) electrons. The van der Waals surface area contributed by atoms with E-state index in [4.69, 9.17) is 0 Å². The van der Waals surface area contributed by atoms with Gasteiger partial charge in [0, 0.05) is 18.5 Å². The number of fused-ring (bicyclic) bond motifs is 2. The fourth-order valence-electron chi connectivity index (χ4n) is 4.15. The van der Waals surface area contributed by atoms with Gasteiger partial charge in [-0.25, -0.2) is 0 Å². The van der Waals surface area contributed by atoms with Gasteiger partial charge in [0.2, 0.25) is 17.7 Å². The molecule has 128 valence electrons. The number of rotatable bonds is 3. The first-order chi connectivity index (χ1) is 11.2. The highest BCUT2D eigenvalue weighted by molar-refractivity contribution is 6.05. The van der Waals surface area contributed by atoms with Crippen LogP contribution in [-0.2, 0) is 14.4 Å². The molecule has 2 aliphatic rings. The van der Waals surface area contributed by atoms with Crippen LogP contribution < -0.4 is 4.90 Å². The number of hydrogen-bond donors (Lipinski definition) is 0. The lowest BCUT2D eigenvalue weighted by Gasteiger charge is -2.48. The quantitative estimate of drug-likeness (QED) is 0.802. The lowest BCUT2D eigenvalue weighted by molar-refractivity contribution is -0.167. The number of amides is 3. The molecule has 3 rings (SSSR count). The average Bonchev–Trinajstić information content (AvgIpc) is 2.72. The van der Waals surface area contributed by atoms with Gasteiger partial charge in [-0.3, -0.25) is 24.2 Å². The number of piperidine rings is 1. The normalized spacial score (nSPS) is 28.2. The molecule has 2 fully saturated rings. The number of carbonyl (C=O) groups is 3. The minimum atomic E-state index is -0.551. The van der Waals surface area contributed by atoms with Crippen molar-refractivity contribution in [3.8, 4) is 0 Å². The third kappa shape index (κ3) is 2.18. The molecule has 0 N–H and O–H groups in total. The van der Waals surface area contributed by atoms with Gasteiger partial charge in [-0.2, -0.15) is 0 Å². The summed E-state index contributed by atoms with van der Waals surface area (Å²) in [6, 6.07) is 9.14. The molecule has 1 aliphatic carbocycles. The van der Waals surface area contributed by atoms with E-state index in [2.05, 4.69) is 0 Å². The van der Waals surface area contributed by atoms with Crippen molar-refractivity contribution >= 4 is 23.4 Å². The van der Waals surface area contributed by atoms with E-state index in [-0.39, 0.29) is 35.7 Å². The maximum atomic E-state index is 13.1. The predicted molar refractivity (Wildman–Crippen MR) is 90.9 cm³/mol. The van der Waals surface area contributed by atoms with Gasteiger partial charge in [-0.15, -0.1) is 0 Å². The Labute approximate surface area is 142 Å². The molecule has 0 unspecified atom stereocenters. The van der Waals surface area contributed by atoms with Crippen LogP contribution in [0.2, 0.25) is 0 Å². The Kier molecular flexibility index (Phi) is 3.78. The molecule has 5 nitrogen and oxygen atoms in total. The molecule has 3 amide bonds. The monoisotopic (exact) mass is 328 g/mol. The van der Waals surface area contributed by atoms with Crippen molar-refractivity contribution < 1.29 is 14.4 Å². The first kappa shape index (κ1) is 16.7. The van der Waals surface area contributed by atoms with Crippen LogP contribution in [0.5, 0.6) is 0 Å². The molecule has 1 aromatic rings. The van der Waals surface area contributed by atoms with Gasteiger partial charge in [-0.1, -0.05) is 39.0 Å². The molecule has 2 bridgehead atoms. The van der Waals surface area contributed by atoms with E-state index in [1.54, 1.807) is 12.1 Å². The van der Waals surface area contributed by atoms with Crippen LogP contribution in [0.1, 0.15) is 40.5 Å². The van der Waals surface area contributed by atoms with E-state index in [1.807, 2.05) is 39.0 Å². The van der Waals surface area contributed by atoms with Gasteiger partial charge < -0.3 is 0 Å². The second-order valence-electron chi connectivity index (χ2n) is 7.64. The molecule has 1 heterocycles. The molecule has 24 heavy (non-hydrogen) atoms. The summed E-state index contributed by atoms with van der Waals surface area (Å²) in [6.07, 6.45) is 1.45. The maximum absolute atomic E-state index is 13.1. The Balaban J connectivity index is 1.94. The van der Waals surface area contributed by atoms with Gasteiger partial charge in [0.05, 0.1) is 5.41 Å². The Morgan fingerprint density at radius 3 is 2.42 bits per heavy atom. The third-order valence-corrected chi connectivity index (χ3v) is 6.24. The molecule has 2 atom stereocenters. The summed E-state index contributed by atoms with van der Waals surface area (Å²) in [5.41, 5.74) is -0.205. The second-order valence-corrected chi connectivity index (χ2v) is 7.64. The van der Waals surface area contributed by atoms with Crippen molar-refractivity contribution in [2.45, 2.75) is 40.5 Å². The van der Waals surface area contributed by atoms with Gasteiger partial charge >= 0.3 is 0 Å². The average molecular weight is 328 g/mol. The van der Waals surface area contributed by atoms with Gasteiger partial charge in [0.1, 0.15) is 6.67 Å². The lowest BCUT2D eigenvalue weighted by Crippen LogP contribution is -2.61. The Morgan fingerprint density at radius 1 is 1.21 bits per heavy atom. The highest BCUT2D eigenvalue weighted by Crippen LogP contribution is 2.60. The standard InChI is InChI=1S/C19H24N2O3/c1-13(22)20(14-8-6-5-7-9-14)12-21-16(23)15-10-11-19(4,17(21)24)18(15,2)3/h5-9,15H,10-12H2,1-4H3/t15-,19-/m1/s1. The smallest absolute Gasteiger partial charge is 0.237 e. The van der Waals surface area contributed by atoms with E-state index in [0.29, 0.717) is 5.69 Å². The number of imide groups is 1. The van der Waals surface area contributed by atoms with Crippen molar-refractivity contribution in [3.05, 3.63) is 30.3 Å². The number of benzene rings is 1. The lowest BCUT2D eigenvalue weighted by atomic mass is 9.62. The summed E-state index contributed by atoms with van der Waals surface area (Å²) in [5, 5.41) is 0. The number of likely N-dealkylation sites (tertiary alicyclic amines) is 1. The summed E-state index contributed by atoms with van der Waals surface area (Å²) >= 11 is 0. The van der Waals surface area contributed by atoms with Crippen molar-refractivity contribution in [2.24, 2.45) is 16.7 Å². The van der Waals surface area contributed by atoms with Crippen molar-refractivity contribution in [3.63, 3.8) is 0 Å². The highest BCUT2D eigenvalue weighted by Gasteiger charge is 2.64. The third-order valence-electron chi connectivity index (χ3n) is 6.24. The molecule has 1 aliphatic heterocycles. The van der Waals surface area contributed by atoms with Crippen LogP contribution in [0.3, 0.4) is 0 Å². The Morgan fingerprint density at radius 2 is 1.83 bits per heavy atom. The molecule has 0 aromatic heterocycles. The van der Waals surface area contributed by atoms with Crippen molar-refractivity contribution in [2.75, 3.05) is 11.6 Å². The van der Waals surface area contributed by atoms with Crippen LogP contribution in [0, 0.1) is 16.7 Å². The number of nitrogens with zero attached hydrogens (tertiary/aromatic N) is 2. The van der Waals surface area contributed by atoms with Gasteiger partial charge in [-0.05, 0) is 30.4 Å². The van der Waals surface area contributed by atoms with Crippen LogP contribution in [0.15, 0.2) is 30.3 Å². The zero-order valence-corrected chi connectivity index (χ0v) is 14.7. The summed E-state index contributed by atoms with van der Waals surface area (Å²) < 4.78 is 0. The minimum absolute atomic E-state index is 0.0147. The van der Waals surface area contributed by atoms with Gasteiger partial charge in [0.25, 0.3) is 0 Å². The summed E-state index contributed by atoms with van der Waals surface area (Å²) in [6.45, 7) is 7.41. The van der Waals surface area contributed by atoms with E-state index in [1.165, 1.54) is 16.7 Å². The molecule has 5 heteroatoms. The van der Waals surface area contributed by atoms with Gasteiger partial charge in [0.15, 0.2) is 0 Å². The number of hydrogen-bond acceptors (Lipinski definition) is 3. The molecule has 1 saturated carbocycles. The van der Waals surface area contributed by atoms with E-state index < -0.39 is 5.41 Å². The molecule has 1 saturated heterocycles. The zero-order chi connectivity index (χ0) is 17.7. The highest BCUT2D eigenvalue weighted by atomic mass is 16.2. The number of para-hydroxylation sites is 1. The summed E-state index contributed by atoms with van der Waals surface area (Å²) in [5.74, 6) is -0.662. The van der Waals surface area contributed by atoms with E-state index in [9.17, 15) is 14.4 Å². The van der Waals surface area contributed by atoms with Crippen molar-refractivity contribution in [1.82, 2.24) is 4.90 Å². The number of anilines is 1. The molecular formula is C19H24N2O3. The van der Waals surface area contributed by atoms with Crippen LogP contribution in [-0.4, -0.2) is 29.3 Å². The Hall–Kier alpha value is -2.17. The van der Waals surface area contributed by atoms with Crippen LogP contribution in [0.4, 0.5) is 5.69 Å². The topological polar surface area (TPSA) is 57.7 Å². The second kappa shape index (κ2) is 5.43. The Bertz CT molecular complexity index is 698. The maximum Gasteiger partial charge on any atom is 0.237 e. The van der Waals surface area contributed by atoms with Crippen LogP contribution >= 0.6 is 0 Å². The fraction of sp³-hybridized carbons (Fsp3) is 0.526. The summed E-state index contributed by atoms with van der Waals surface area (Å²) in [7, 11) is 0. The molecule has 1 aromatic carbocycles.